The van der Waals surface area contributed by atoms with Crippen molar-refractivity contribution in [3.63, 3.8) is 0 Å². The molecule has 3 amide bonds. The Labute approximate surface area is 101 Å². The van der Waals surface area contributed by atoms with Crippen molar-refractivity contribution in [1.82, 2.24) is 15.5 Å². The third-order valence-corrected chi connectivity index (χ3v) is 2.71. The summed E-state index contributed by atoms with van der Waals surface area (Å²) >= 11 is 0. The van der Waals surface area contributed by atoms with Crippen molar-refractivity contribution < 1.29 is 14.4 Å². The van der Waals surface area contributed by atoms with Crippen LogP contribution in [0, 0.1) is 0 Å². The summed E-state index contributed by atoms with van der Waals surface area (Å²) in [4.78, 5) is 35.6. The van der Waals surface area contributed by atoms with Crippen molar-refractivity contribution in [3.8, 4) is 0 Å². The maximum atomic E-state index is 11.8. The number of hydrogen-bond donors (Lipinski definition) is 2. The average molecular weight is 241 g/mol. The molecule has 1 rings (SSSR count). The molecule has 0 radical (unpaired) electrons. The van der Waals surface area contributed by atoms with Gasteiger partial charge in [0.15, 0.2) is 0 Å². The van der Waals surface area contributed by atoms with Crippen LogP contribution in [0.15, 0.2) is 0 Å². The Balaban J connectivity index is 2.38. The van der Waals surface area contributed by atoms with Gasteiger partial charge in [-0.05, 0) is 6.42 Å². The van der Waals surface area contributed by atoms with E-state index in [1.807, 2.05) is 6.92 Å². The highest BCUT2D eigenvalue weighted by molar-refractivity contribution is 6.05. The van der Waals surface area contributed by atoms with E-state index in [1.165, 1.54) is 4.90 Å². The van der Waals surface area contributed by atoms with Gasteiger partial charge in [0.05, 0.1) is 12.5 Å². The molecular formula is C11H19N3O3. The van der Waals surface area contributed by atoms with Gasteiger partial charge in [0, 0.05) is 26.6 Å². The fourth-order valence-corrected chi connectivity index (χ4v) is 1.79. The van der Waals surface area contributed by atoms with Crippen LogP contribution in [-0.2, 0) is 14.4 Å². The Morgan fingerprint density at radius 2 is 2.18 bits per heavy atom. The van der Waals surface area contributed by atoms with Gasteiger partial charge in [0.1, 0.15) is 0 Å². The van der Waals surface area contributed by atoms with Gasteiger partial charge in [-0.3, -0.25) is 19.3 Å². The zero-order valence-corrected chi connectivity index (χ0v) is 10.3. The first-order valence-corrected chi connectivity index (χ1v) is 5.88. The zero-order chi connectivity index (χ0) is 12.8. The van der Waals surface area contributed by atoms with E-state index in [4.69, 9.17) is 0 Å². The second-order valence-electron chi connectivity index (χ2n) is 4.02. The number of imide groups is 1. The Bertz CT molecular complexity index is 317. The quantitative estimate of drug-likeness (QED) is 0.600. The Morgan fingerprint density at radius 1 is 1.47 bits per heavy atom. The molecule has 1 unspecified atom stereocenters. The van der Waals surface area contributed by atoms with Crippen molar-refractivity contribution in [2.75, 3.05) is 20.1 Å². The van der Waals surface area contributed by atoms with Crippen LogP contribution >= 0.6 is 0 Å². The standard InChI is InChI=1S/C11H19N3O3/c1-3-6-14-10(16)7-8(11(14)17)13-5-4-9(15)12-2/h8,13H,3-7H2,1-2H3,(H,12,15). The predicted octanol–water partition coefficient (Wildman–Crippen LogP) is -0.750. The summed E-state index contributed by atoms with van der Waals surface area (Å²) in [6, 6.07) is -0.460. The molecule has 1 aliphatic rings. The fourth-order valence-electron chi connectivity index (χ4n) is 1.79. The number of nitrogens with zero attached hydrogens (tertiary/aromatic N) is 1. The summed E-state index contributed by atoms with van der Waals surface area (Å²) < 4.78 is 0. The molecule has 96 valence electrons. The maximum Gasteiger partial charge on any atom is 0.246 e. The maximum absolute atomic E-state index is 11.8. The van der Waals surface area contributed by atoms with Gasteiger partial charge in [-0.1, -0.05) is 6.92 Å². The molecular weight excluding hydrogens is 222 g/mol. The van der Waals surface area contributed by atoms with Gasteiger partial charge in [0.25, 0.3) is 0 Å². The minimum atomic E-state index is -0.460. The molecule has 17 heavy (non-hydrogen) atoms. The van der Waals surface area contributed by atoms with E-state index in [0.717, 1.165) is 6.42 Å². The predicted molar refractivity (Wildman–Crippen MR) is 62.1 cm³/mol. The molecule has 0 aliphatic carbocycles. The van der Waals surface area contributed by atoms with Gasteiger partial charge in [-0.2, -0.15) is 0 Å². The molecule has 1 aliphatic heterocycles. The third kappa shape index (κ3) is 3.52. The van der Waals surface area contributed by atoms with E-state index >= 15 is 0 Å². The van der Waals surface area contributed by atoms with Crippen molar-refractivity contribution in [2.45, 2.75) is 32.2 Å². The number of hydrogen-bond acceptors (Lipinski definition) is 4. The van der Waals surface area contributed by atoms with Crippen LogP contribution in [0.1, 0.15) is 26.2 Å². The normalized spacial score (nSPS) is 19.9. The first-order valence-electron chi connectivity index (χ1n) is 5.88. The highest BCUT2D eigenvalue weighted by atomic mass is 16.2. The molecule has 2 N–H and O–H groups in total. The van der Waals surface area contributed by atoms with E-state index in [9.17, 15) is 14.4 Å². The summed E-state index contributed by atoms with van der Waals surface area (Å²) in [7, 11) is 1.57. The second-order valence-corrected chi connectivity index (χ2v) is 4.02. The smallest absolute Gasteiger partial charge is 0.246 e. The summed E-state index contributed by atoms with van der Waals surface area (Å²) in [5.74, 6) is -0.386. The molecule has 1 fully saturated rings. The van der Waals surface area contributed by atoms with Crippen molar-refractivity contribution in [2.24, 2.45) is 0 Å². The molecule has 0 saturated carbocycles. The number of nitrogens with one attached hydrogen (secondary N) is 2. The molecule has 6 heteroatoms. The molecule has 0 aromatic carbocycles. The lowest BCUT2D eigenvalue weighted by atomic mass is 10.2. The SMILES string of the molecule is CCCN1C(=O)CC(NCCC(=O)NC)C1=O. The minimum Gasteiger partial charge on any atom is -0.359 e. The number of amides is 3. The van der Waals surface area contributed by atoms with E-state index in [2.05, 4.69) is 10.6 Å². The van der Waals surface area contributed by atoms with Crippen LogP contribution in [0.3, 0.4) is 0 Å². The number of likely N-dealkylation sites (tertiary alicyclic amines) is 1. The lowest BCUT2D eigenvalue weighted by molar-refractivity contribution is -0.139. The first-order chi connectivity index (χ1) is 8.10. The van der Waals surface area contributed by atoms with E-state index in [-0.39, 0.29) is 24.1 Å². The van der Waals surface area contributed by atoms with Gasteiger partial charge in [0.2, 0.25) is 17.7 Å². The summed E-state index contributed by atoms with van der Waals surface area (Å²) in [6.45, 7) is 2.81. The van der Waals surface area contributed by atoms with E-state index in [1.54, 1.807) is 7.05 Å². The largest absolute Gasteiger partial charge is 0.359 e. The lowest BCUT2D eigenvalue weighted by Crippen LogP contribution is -2.40. The van der Waals surface area contributed by atoms with Crippen molar-refractivity contribution in [1.29, 1.82) is 0 Å². The summed E-state index contributed by atoms with van der Waals surface area (Å²) in [5.41, 5.74) is 0. The summed E-state index contributed by atoms with van der Waals surface area (Å²) in [5, 5.41) is 5.44. The first kappa shape index (κ1) is 13.6. The highest BCUT2D eigenvalue weighted by Crippen LogP contribution is 2.13. The molecule has 1 heterocycles. The summed E-state index contributed by atoms with van der Waals surface area (Å²) in [6.07, 6.45) is 1.28. The molecule has 6 nitrogen and oxygen atoms in total. The van der Waals surface area contributed by atoms with Crippen LogP contribution in [-0.4, -0.2) is 48.8 Å². The van der Waals surface area contributed by atoms with Crippen LogP contribution in [0.5, 0.6) is 0 Å². The van der Waals surface area contributed by atoms with Gasteiger partial charge >= 0.3 is 0 Å². The van der Waals surface area contributed by atoms with Crippen LogP contribution in [0.25, 0.3) is 0 Å². The lowest BCUT2D eigenvalue weighted by Gasteiger charge is -2.14. The molecule has 0 aromatic heterocycles. The monoisotopic (exact) mass is 241 g/mol. The third-order valence-electron chi connectivity index (χ3n) is 2.71. The molecule has 0 aromatic rings. The van der Waals surface area contributed by atoms with Crippen LogP contribution < -0.4 is 10.6 Å². The van der Waals surface area contributed by atoms with Gasteiger partial charge in [-0.15, -0.1) is 0 Å². The Hall–Kier alpha value is -1.43. The fraction of sp³-hybridized carbons (Fsp3) is 0.727. The zero-order valence-electron chi connectivity index (χ0n) is 10.3. The Morgan fingerprint density at radius 3 is 2.76 bits per heavy atom. The molecule has 0 bridgehead atoms. The van der Waals surface area contributed by atoms with Crippen LogP contribution in [0.4, 0.5) is 0 Å². The average Bonchev–Trinajstić information content (AvgIpc) is 2.57. The van der Waals surface area contributed by atoms with Gasteiger partial charge < -0.3 is 10.6 Å². The Kier molecular flexibility index (Phi) is 5.09. The second kappa shape index (κ2) is 6.34. The minimum absolute atomic E-state index is 0.0836. The number of rotatable bonds is 6. The molecule has 1 saturated heterocycles. The van der Waals surface area contributed by atoms with Gasteiger partial charge in [-0.25, -0.2) is 0 Å². The van der Waals surface area contributed by atoms with Crippen LogP contribution in [0.2, 0.25) is 0 Å². The molecule has 1 atom stereocenters. The topological polar surface area (TPSA) is 78.5 Å². The highest BCUT2D eigenvalue weighted by Gasteiger charge is 2.37. The number of carbonyl (C=O) groups is 3. The molecule has 0 spiro atoms. The van der Waals surface area contributed by atoms with E-state index < -0.39 is 6.04 Å². The van der Waals surface area contributed by atoms with E-state index in [0.29, 0.717) is 19.5 Å². The number of carbonyl (C=O) groups excluding carboxylic acids is 3. The van der Waals surface area contributed by atoms with Crippen molar-refractivity contribution in [3.05, 3.63) is 0 Å². The van der Waals surface area contributed by atoms with Crippen molar-refractivity contribution >= 4 is 17.7 Å².